The van der Waals surface area contributed by atoms with E-state index in [1.165, 1.54) is 16.7 Å². The smallest absolute Gasteiger partial charge is 0.303 e. The Balaban J connectivity index is 2.71. The Kier molecular flexibility index (Phi) is 6.22. The Bertz CT molecular complexity index is 484. The zero-order valence-electron chi connectivity index (χ0n) is 11.8. The minimum atomic E-state index is -0.865. The minimum absolute atomic E-state index is 0.0374. The molecule has 1 N–H and O–H groups in total. The zero-order valence-corrected chi connectivity index (χ0v) is 13.4. The van der Waals surface area contributed by atoms with Gasteiger partial charge in [-0.05, 0) is 25.0 Å². The number of carboxylic acids is 1. The van der Waals surface area contributed by atoms with Crippen LogP contribution in [0.2, 0.25) is 0 Å². The van der Waals surface area contributed by atoms with Crippen molar-refractivity contribution < 1.29 is 14.7 Å². The number of carbonyl (C=O) groups excluding carboxylic acids is 1. The van der Waals surface area contributed by atoms with Gasteiger partial charge in [0.2, 0.25) is 0 Å². The van der Waals surface area contributed by atoms with E-state index in [0.717, 1.165) is 5.57 Å². The van der Waals surface area contributed by atoms with E-state index in [0.29, 0.717) is 22.2 Å². The fourth-order valence-corrected chi connectivity index (χ4v) is 3.09. The van der Waals surface area contributed by atoms with Gasteiger partial charge in [-0.1, -0.05) is 24.0 Å². The third-order valence-corrected chi connectivity index (χ3v) is 3.84. The molecule has 0 radical (unpaired) electrons. The molecular formula is C13H18N2O3S2. The second kappa shape index (κ2) is 7.44. The van der Waals surface area contributed by atoms with Gasteiger partial charge in [-0.3, -0.25) is 14.5 Å². The van der Waals surface area contributed by atoms with E-state index >= 15 is 0 Å². The van der Waals surface area contributed by atoms with Crippen molar-refractivity contribution in [1.82, 2.24) is 9.80 Å². The number of carbonyl (C=O) groups is 2. The number of allylic oxidation sites excluding steroid dienone is 2. The van der Waals surface area contributed by atoms with Gasteiger partial charge in [-0.2, -0.15) is 0 Å². The molecule has 0 bridgehead atoms. The molecule has 1 saturated heterocycles. The number of hydrogen-bond donors (Lipinski definition) is 1. The Hall–Kier alpha value is -1.34. The molecule has 0 saturated carbocycles. The predicted octanol–water partition coefficient (Wildman–Crippen LogP) is 2.06. The molecule has 1 amide bonds. The molecule has 110 valence electrons. The van der Waals surface area contributed by atoms with Crippen LogP contribution in [0.3, 0.4) is 0 Å². The highest BCUT2D eigenvalue weighted by Crippen LogP contribution is 2.31. The van der Waals surface area contributed by atoms with Crippen LogP contribution in [-0.2, 0) is 9.59 Å². The van der Waals surface area contributed by atoms with Crippen molar-refractivity contribution in [2.75, 3.05) is 20.6 Å². The van der Waals surface area contributed by atoms with E-state index in [-0.39, 0.29) is 12.3 Å². The summed E-state index contributed by atoms with van der Waals surface area (Å²) in [5, 5.41) is 8.61. The molecule has 0 spiro atoms. The van der Waals surface area contributed by atoms with Gasteiger partial charge in [-0.15, -0.1) is 0 Å². The molecule has 0 aromatic heterocycles. The number of hydrogen-bond acceptors (Lipinski definition) is 5. The number of nitrogens with zero attached hydrogens (tertiary/aromatic N) is 2. The van der Waals surface area contributed by atoms with Gasteiger partial charge >= 0.3 is 5.97 Å². The topological polar surface area (TPSA) is 60.9 Å². The average molecular weight is 314 g/mol. The standard InChI is InChI=1S/C13H18N2O3S2/c1-9(8-14(2)3)7-10-12(18)15(13(19)20-10)6-4-5-11(16)17/h7-8H,4-6H2,1-3H3,(H,16,17). The molecule has 1 aliphatic heterocycles. The largest absolute Gasteiger partial charge is 0.481 e. The van der Waals surface area contributed by atoms with E-state index in [4.69, 9.17) is 17.3 Å². The summed E-state index contributed by atoms with van der Waals surface area (Å²) in [5.41, 5.74) is 0.959. The van der Waals surface area contributed by atoms with Crippen LogP contribution in [0.5, 0.6) is 0 Å². The van der Waals surface area contributed by atoms with Gasteiger partial charge in [0.05, 0.1) is 4.91 Å². The summed E-state index contributed by atoms with van der Waals surface area (Å²) >= 11 is 6.42. The highest BCUT2D eigenvalue weighted by Gasteiger charge is 2.31. The predicted molar refractivity (Wildman–Crippen MR) is 84.3 cm³/mol. The summed E-state index contributed by atoms with van der Waals surface area (Å²) in [5.74, 6) is -1.01. The molecule has 0 aromatic rings. The summed E-state index contributed by atoms with van der Waals surface area (Å²) < 4.78 is 0.490. The lowest BCUT2D eigenvalue weighted by atomic mass is 10.2. The maximum Gasteiger partial charge on any atom is 0.303 e. The highest BCUT2D eigenvalue weighted by atomic mass is 32.2. The molecule has 0 aliphatic carbocycles. The molecule has 1 rings (SSSR count). The lowest BCUT2D eigenvalue weighted by Gasteiger charge is -2.13. The molecule has 0 atom stereocenters. The Labute approximate surface area is 128 Å². The number of carboxylic acid groups (broad SMARTS) is 1. The quantitative estimate of drug-likeness (QED) is 0.598. The molecule has 0 aromatic carbocycles. The zero-order chi connectivity index (χ0) is 15.3. The molecule has 0 unspecified atom stereocenters. The number of amides is 1. The summed E-state index contributed by atoms with van der Waals surface area (Å²) in [6, 6.07) is 0. The maximum atomic E-state index is 12.2. The van der Waals surface area contributed by atoms with Crippen LogP contribution in [-0.4, -0.2) is 51.7 Å². The fourth-order valence-electron chi connectivity index (χ4n) is 1.73. The normalized spacial score (nSPS) is 18.1. The maximum absolute atomic E-state index is 12.2. The third kappa shape index (κ3) is 4.97. The van der Waals surface area contributed by atoms with Gasteiger partial charge in [0.25, 0.3) is 5.91 Å². The van der Waals surface area contributed by atoms with Crippen molar-refractivity contribution in [3.63, 3.8) is 0 Å². The molecule has 7 heteroatoms. The summed E-state index contributed by atoms with van der Waals surface area (Å²) in [6.07, 6.45) is 4.16. The van der Waals surface area contributed by atoms with Crippen LogP contribution in [0.25, 0.3) is 0 Å². The Morgan fingerprint density at radius 3 is 2.70 bits per heavy atom. The van der Waals surface area contributed by atoms with E-state index < -0.39 is 5.97 Å². The lowest BCUT2D eigenvalue weighted by molar-refractivity contribution is -0.137. The van der Waals surface area contributed by atoms with Crippen LogP contribution in [0.15, 0.2) is 22.8 Å². The second-order valence-electron chi connectivity index (χ2n) is 4.67. The van der Waals surface area contributed by atoms with E-state index in [1.54, 1.807) is 6.08 Å². The van der Waals surface area contributed by atoms with Gasteiger partial charge in [0, 0.05) is 33.3 Å². The molecule has 1 fully saturated rings. The first-order chi connectivity index (χ1) is 9.31. The van der Waals surface area contributed by atoms with Crippen LogP contribution < -0.4 is 0 Å². The van der Waals surface area contributed by atoms with Crippen molar-refractivity contribution in [3.05, 3.63) is 22.8 Å². The minimum Gasteiger partial charge on any atom is -0.481 e. The van der Waals surface area contributed by atoms with E-state index in [9.17, 15) is 9.59 Å². The fraction of sp³-hybridized carbons (Fsp3) is 0.462. The van der Waals surface area contributed by atoms with E-state index in [1.807, 2.05) is 32.1 Å². The summed E-state index contributed by atoms with van der Waals surface area (Å²) in [4.78, 5) is 26.6. The Morgan fingerprint density at radius 1 is 1.50 bits per heavy atom. The van der Waals surface area contributed by atoms with Gasteiger partial charge in [0.15, 0.2) is 0 Å². The number of aliphatic carboxylic acids is 1. The van der Waals surface area contributed by atoms with Crippen LogP contribution >= 0.6 is 24.0 Å². The van der Waals surface area contributed by atoms with Gasteiger partial charge < -0.3 is 10.0 Å². The van der Waals surface area contributed by atoms with E-state index in [2.05, 4.69) is 0 Å². The first-order valence-electron chi connectivity index (χ1n) is 6.13. The molecule has 20 heavy (non-hydrogen) atoms. The number of rotatable bonds is 6. The summed E-state index contributed by atoms with van der Waals surface area (Å²) in [6.45, 7) is 2.27. The van der Waals surface area contributed by atoms with Crippen molar-refractivity contribution in [3.8, 4) is 0 Å². The molecule has 1 aliphatic rings. The van der Waals surface area contributed by atoms with Gasteiger partial charge in [0.1, 0.15) is 4.32 Å². The lowest BCUT2D eigenvalue weighted by Crippen LogP contribution is -2.29. The number of thiocarbonyl (C=S) groups is 1. The third-order valence-electron chi connectivity index (χ3n) is 2.47. The first-order valence-corrected chi connectivity index (χ1v) is 7.35. The second-order valence-corrected chi connectivity index (χ2v) is 6.34. The molecule has 1 heterocycles. The average Bonchev–Trinajstić information content (AvgIpc) is 2.55. The number of thioether (sulfide) groups is 1. The van der Waals surface area contributed by atoms with Crippen molar-refractivity contribution in [1.29, 1.82) is 0 Å². The Morgan fingerprint density at radius 2 is 2.15 bits per heavy atom. The van der Waals surface area contributed by atoms with Crippen molar-refractivity contribution >= 4 is 40.2 Å². The summed E-state index contributed by atoms with van der Waals surface area (Å²) in [7, 11) is 3.82. The van der Waals surface area contributed by atoms with Gasteiger partial charge in [-0.25, -0.2) is 0 Å². The van der Waals surface area contributed by atoms with Crippen molar-refractivity contribution in [2.45, 2.75) is 19.8 Å². The molecule has 5 nitrogen and oxygen atoms in total. The van der Waals surface area contributed by atoms with Crippen LogP contribution in [0.4, 0.5) is 0 Å². The molecular weight excluding hydrogens is 296 g/mol. The van der Waals surface area contributed by atoms with Crippen molar-refractivity contribution in [2.24, 2.45) is 0 Å². The first kappa shape index (κ1) is 16.7. The monoisotopic (exact) mass is 314 g/mol. The highest BCUT2D eigenvalue weighted by molar-refractivity contribution is 8.26. The van der Waals surface area contributed by atoms with Crippen LogP contribution in [0, 0.1) is 0 Å². The van der Waals surface area contributed by atoms with Crippen LogP contribution in [0.1, 0.15) is 19.8 Å². The SMILES string of the molecule is CC(=CN(C)C)C=C1SC(=S)N(CCCC(=O)O)C1=O.